The molecule has 0 fully saturated rings. The van der Waals surface area contributed by atoms with Crippen molar-refractivity contribution in [1.29, 1.82) is 0 Å². The maximum atomic E-state index is 13.8. The van der Waals surface area contributed by atoms with Crippen LogP contribution in [0, 0.1) is 12.7 Å². The van der Waals surface area contributed by atoms with Crippen molar-refractivity contribution in [3.63, 3.8) is 0 Å². The molecule has 2 aromatic rings. The van der Waals surface area contributed by atoms with Crippen LogP contribution in [0.25, 0.3) is 0 Å². The SMILES string of the molecule is Cc1ccc(NC(=O)CNC(=O)c2cc3n(n2)CCN(C(C)C)C3)c(F)c1. The van der Waals surface area contributed by atoms with Crippen molar-refractivity contribution in [3.8, 4) is 0 Å². The van der Waals surface area contributed by atoms with E-state index in [0.717, 1.165) is 30.9 Å². The Kier molecular flexibility index (Phi) is 5.55. The van der Waals surface area contributed by atoms with Gasteiger partial charge in [-0.3, -0.25) is 19.2 Å². The van der Waals surface area contributed by atoms with E-state index in [1.165, 1.54) is 12.1 Å². The van der Waals surface area contributed by atoms with Crippen molar-refractivity contribution < 1.29 is 14.0 Å². The molecule has 0 aliphatic carbocycles. The molecule has 8 heteroatoms. The van der Waals surface area contributed by atoms with Crippen LogP contribution in [0.2, 0.25) is 0 Å². The van der Waals surface area contributed by atoms with Crippen LogP contribution in [0.5, 0.6) is 0 Å². The van der Waals surface area contributed by atoms with Gasteiger partial charge in [0.25, 0.3) is 5.91 Å². The molecule has 0 bridgehead atoms. The molecule has 0 unspecified atom stereocenters. The fourth-order valence-corrected chi connectivity index (χ4v) is 3.01. The second-order valence-corrected chi connectivity index (χ2v) is 7.02. The first-order valence-electron chi connectivity index (χ1n) is 8.98. The normalized spacial score (nSPS) is 14.1. The third kappa shape index (κ3) is 4.51. The van der Waals surface area contributed by atoms with E-state index in [2.05, 4.69) is 34.5 Å². The summed E-state index contributed by atoms with van der Waals surface area (Å²) in [7, 11) is 0. The summed E-state index contributed by atoms with van der Waals surface area (Å²) in [5.74, 6) is -1.43. The van der Waals surface area contributed by atoms with Crippen LogP contribution in [-0.2, 0) is 17.9 Å². The van der Waals surface area contributed by atoms with Crippen LogP contribution < -0.4 is 10.6 Å². The van der Waals surface area contributed by atoms with Gasteiger partial charge in [-0.15, -0.1) is 0 Å². The maximum absolute atomic E-state index is 13.8. The molecule has 1 aliphatic heterocycles. The molecule has 0 spiro atoms. The van der Waals surface area contributed by atoms with Crippen molar-refractivity contribution in [2.75, 3.05) is 18.4 Å². The number of aromatic nitrogens is 2. The molecule has 1 aromatic heterocycles. The lowest BCUT2D eigenvalue weighted by atomic mass is 10.2. The van der Waals surface area contributed by atoms with Gasteiger partial charge in [-0.2, -0.15) is 5.10 Å². The fraction of sp³-hybridized carbons (Fsp3) is 0.421. The van der Waals surface area contributed by atoms with Crippen molar-refractivity contribution in [1.82, 2.24) is 20.0 Å². The molecule has 27 heavy (non-hydrogen) atoms. The molecule has 2 N–H and O–H groups in total. The van der Waals surface area contributed by atoms with Crippen LogP contribution in [0.3, 0.4) is 0 Å². The lowest BCUT2D eigenvalue weighted by Crippen LogP contribution is -2.38. The van der Waals surface area contributed by atoms with E-state index in [0.29, 0.717) is 6.04 Å². The number of fused-ring (bicyclic) bond motifs is 1. The zero-order valence-corrected chi connectivity index (χ0v) is 15.8. The van der Waals surface area contributed by atoms with Crippen LogP contribution in [0.4, 0.5) is 10.1 Å². The Labute approximate surface area is 157 Å². The van der Waals surface area contributed by atoms with Gasteiger partial charge >= 0.3 is 0 Å². The van der Waals surface area contributed by atoms with E-state index >= 15 is 0 Å². The molecular formula is C19H24FN5O2. The highest BCUT2D eigenvalue weighted by atomic mass is 19.1. The van der Waals surface area contributed by atoms with Crippen molar-refractivity contribution in [2.24, 2.45) is 0 Å². The second-order valence-electron chi connectivity index (χ2n) is 7.02. The zero-order valence-electron chi connectivity index (χ0n) is 15.8. The van der Waals surface area contributed by atoms with Crippen molar-refractivity contribution in [2.45, 2.75) is 39.9 Å². The van der Waals surface area contributed by atoms with Gasteiger partial charge in [-0.1, -0.05) is 6.07 Å². The molecule has 1 aromatic carbocycles. The first kappa shape index (κ1) is 19.0. The van der Waals surface area contributed by atoms with Gasteiger partial charge in [0, 0.05) is 19.1 Å². The average molecular weight is 373 g/mol. The Morgan fingerprint density at radius 3 is 2.74 bits per heavy atom. The maximum Gasteiger partial charge on any atom is 0.272 e. The van der Waals surface area contributed by atoms with E-state index < -0.39 is 17.6 Å². The van der Waals surface area contributed by atoms with E-state index in [-0.39, 0.29) is 17.9 Å². The molecule has 3 rings (SSSR count). The van der Waals surface area contributed by atoms with Crippen molar-refractivity contribution >= 4 is 17.5 Å². The van der Waals surface area contributed by atoms with Crippen LogP contribution in [0.1, 0.15) is 35.6 Å². The van der Waals surface area contributed by atoms with Crippen LogP contribution >= 0.6 is 0 Å². The van der Waals surface area contributed by atoms with E-state index in [4.69, 9.17) is 0 Å². The molecule has 144 valence electrons. The first-order chi connectivity index (χ1) is 12.8. The number of hydrogen-bond donors (Lipinski definition) is 2. The molecule has 7 nitrogen and oxygen atoms in total. The highest BCUT2D eigenvalue weighted by molar-refractivity contribution is 5.98. The average Bonchev–Trinajstić information content (AvgIpc) is 3.05. The third-order valence-electron chi connectivity index (χ3n) is 4.60. The molecule has 2 heterocycles. The van der Waals surface area contributed by atoms with Gasteiger partial charge in [-0.05, 0) is 44.5 Å². The minimum absolute atomic E-state index is 0.0890. The Balaban J connectivity index is 1.56. The summed E-state index contributed by atoms with van der Waals surface area (Å²) in [5.41, 5.74) is 2.11. The number of aryl methyl sites for hydroxylation is 1. The topological polar surface area (TPSA) is 79.3 Å². The summed E-state index contributed by atoms with van der Waals surface area (Å²) in [5, 5.41) is 9.30. The predicted molar refractivity (Wildman–Crippen MR) is 99.9 cm³/mol. The lowest BCUT2D eigenvalue weighted by molar-refractivity contribution is -0.115. The third-order valence-corrected chi connectivity index (χ3v) is 4.60. The smallest absolute Gasteiger partial charge is 0.272 e. The number of rotatable bonds is 5. The van der Waals surface area contributed by atoms with Gasteiger partial charge in [0.2, 0.25) is 5.91 Å². The molecule has 0 radical (unpaired) electrons. The van der Waals surface area contributed by atoms with Gasteiger partial charge in [0.1, 0.15) is 5.82 Å². The number of hydrogen-bond acceptors (Lipinski definition) is 4. The van der Waals surface area contributed by atoms with Crippen molar-refractivity contribution in [3.05, 3.63) is 47.0 Å². The Morgan fingerprint density at radius 2 is 2.04 bits per heavy atom. The van der Waals surface area contributed by atoms with Crippen LogP contribution in [0.15, 0.2) is 24.3 Å². The highest BCUT2D eigenvalue weighted by Gasteiger charge is 2.22. The zero-order chi connectivity index (χ0) is 19.6. The number of amides is 2. The minimum Gasteiger partial charge on any atom is -0.342 e. The molecule has 2 amide bonds. The highest BCUT2D eigenvalue weighted by Crippen LogP contribution is 2.16. The molecule has 0 atom stereocenters. The summed E-state index contributed by atoms with van der Waals surface area (Å²) in [6.45, 7) is 8.13. The first-order valence-corrected chi connectivity index (χ1v) is 8.98. The molecular weight excluding hydrogens is 349 g/mol. The number of anilines is 1. The summed E-state index contributed by atoms with van der Waals surface area (Å²) in [4.78, 5) is 26.6. The summed E-state index contributed by atoms with van der Waals surface area (Å²) < 4.78 is 15.6. The summed E-state index contributed by atoms with van der Waals surface area (Å²) in [6.07, 6.45) is 0. The Morgan fingerprint density at radius 1 is 1.26 bits per heavy atom. The molecule has 1 aliphatic rings. The minimum atomic E-state index is -0.508. The Hall–Kier alpha value is -2.74. The predicted octanol–water partition coefficient (Wildman–Crippen LogP) is 1.92. The number of carbonyl (C=O) groups excluding carboxylic acids is 2. The molecule has 0 saturated heterocycles. The monoisotopic (exact) mass is 373 g/mol. The number of nitrogens with one attached hydrogen (secondary N) is 2. The lowest BCUT2D eigenvalue weighted by Gasteiger charge is -2.30. The fourth-order valence-electron chi connectivity index (χ4n) is 3.01. The largest absolute Gasteiger partial charge is 0.342 e. The second kappa shape index (κ2) is 7.87. The summed E-state index contributed by atoms with van der Waals surface area (Å²) >= 11 is 0. The standard InChI is InChI=1S/C19H24FN5O2/c1-12(2)24-6-7-25-14(11-24)9-17(23-25)19(27)21-10-18(26)22-16-5-4-13(3)8-15(16)20/h4-5,8-9,12H,6-7,10-11H2,1-3H3,(H,21,27)(H,22,26). The number of benzene rings is 1. The van der Waals surface area contributed by atoms with Gasteiger partial charge < -0.3 is 10.6 Å². The Bertz CT molecular complexity index is 862. The number of nitrogens with zero attached hydrogens (tertiary/aromatic N) is 3. The van der Waals surface area contributed by atoms with E-state index in [9.17, 15) is 14.0 Å². The van der Waals surface area contributed by atoms with Crippen LogP contribution in [-0.4, -0.2) is 45.6 Å². The molecule has 0 saturated carbocycles. The van der Waals surface area contributed by atoms with E-state index in [1.807, 2.05) is 4.68 Å². The summed E-state index contributed by atoms with van der Waals surface area (Å²) in [6, 6.07) is 6.71. The quantitative estimate of drug-likeness (QED) is 0.839. The van der Waals surface area contributed by atoms with Gasteiger partial charge in [0.05, 0.1) is 24.5 Å². The number of halogens is 1. The van der Waals surface area contributed by atoms with Gasteiger partial charge in [-0.25, -0.2) is 4.39 Å². The number of carbonyl (C=O) groups is 2. The van der Waals surface area contributed by atoms with Gasteiger partial charge in [0.15, 0.2) is 5.69 Å². The van der Waals surface area contributed by atoms with E-state index in [1.54, 1.807) is 19.1 Å².